The molecule has 0 unspecified atom stereocenters. The van der Waals surface area contributed by atoms with Crippen molar-refractivity contribution in [2.45, 2.75) is 13.0 Å². The minimum Gasteiger partial charge on any atom is -0.338 e. The Morgan fingerprint density at radius 3 is 2.50 bits per heavy atom. The maximum Gasteiger partial charge on any atom is 0.269 e. The molecule has 3 rings (SSSR count). The number of nitro benzene ring substituents is 1. The molecule has 1 fully saturated rings. The molecule has 2 heterocycles. The number of non-ortho nitro benzene ring substituents is 1. The lowest BCUT2D eigenvalue weighted by Gasteiger charge is -2.38. The summed E-state index contributed by atoms with van der Waals surface area (Å²) in [6.45, 7) is 5.49. The van der Waals surface area contributed by atoms with Crippen molar-refractivity contribution in [2.24, 2.45) is 0 Å². The fraction of sp³-hybridized carbons (Fsp3) is 0.375. The van der Waals surface area contributed by atoms with Gasteiger partial charge in [-0.05, 0) is 28.4 Å². The Morgan fingerprint density at radius 2 is 1.88 bits per heavy atom. The minimum absolute atomic E-state index is 0.137. The van der Waals surface area contributed by atoms with Gasteiger partial charge in [-0.3, -0.25) is 15.0 Å². The zero-order chi connectivity index (χ0) is 17.1. The van der Waals surface area contributed by atoms with Crippen LogP contribution in [0, 0.1) is 10.1 Å². The SMILES string of the molecule is C[C@@H](c1cccc([N+](=O)[O-])c1)N1CCN(c2ncc(Br)cn2)CC1. The molecule has 0 radical (unpaired) electrons. The summed E-state index contributed by atoms with van der Waals surface area (Å²) >= 11 is 3.34. The first-order chi connectivity index (χ1) is 11.5. The third-order valence-corrected chi connectivity index (χ3v) is 4.72. The average molecular weight is 392 g/mol. The van der Waals surface area contributed by atoms with Crippen molar-refractivity contribution in [1.29, 1.82) is 0 Å². The number of aromatic nitrogens is 2. The zero-order valence-corrected chi connectivity index (χ0v) is 14.9. The molecular formula is C16H18BrN5O2. The number of rotatable bonds is 4. The first kappa shape index (κ1) is 16.8. The molecule has 1 aliphatic heterocycles. The maximum absolute atomic E-state index is 10.9. The molecule has 0 aliphatic carbocycles. The van der Waals surface area contributed by atoms with Crippen LogP contribution in [0.3, 0.4) is 0 Å². The van der Waals surface area contributed by atoms with Crippen LogP contribution in [0.15, 0.2) is 41.1 Å². The van der Waals surface area contributed by atoms with E-state index < -0.39 is 0 Å². The van der Waals surface area contributed by atoms with Crippen LogP contribution in [0.5, 0.6) is 0 Å². The third-order valence-electron chi connectivity index (χ3n) is 4.31. The summed E-state index contributed by atoms with van der Waals surface area (Å²) in [6.07, 6.45) is 3.50. The van der Waals surface area contributed by atoms with Crippen LogP contribution in [-0.4, -0.2) is 46.0 Å². The number of hydrogen-bond acceptors (Lipinski definition) is 6. The molecule has 0 N–H and O–H groups in total. The number of hydrogen-bond donors (Lipinski definition) is 0. The second-order valence-corrected chi connectivity index (χ2v) is 6.67. The highest BCUT2D eigenvalue weighted by Gasteiger charge is 2.24. The highest BCUT2D eigenvalue weighted by molar-refractivity contribution is 9.10. The van der Waals surface area contributed by atoms with Crippen molar-refractivity contribution in [3.8, 4) is 0 Å². The average Bonchev–Trinajstić information content (AvgIpc) is 2.62. The monoisotopic (exact) mass is 391 g/mol. The molecule has 1 aliphatic rings. The molecule has 7 nitrogen and oxygen atoms in total. The molecule has 2 aromatic rings. The van der Waals surface area contributed by atoms with Gasteiger partial charge in [-0.1, -0.05) is 12.1 Å². The second kappa shape index (κ2) is 7.23. The van der Waals surface area contributed by atoms with E-state index in [4.69, 9.17) is 0 Å². The van der Waals surface area contributed by atoms with Gasteiger partial charge in [-0.15, -0.1) is 0 Å². The third kappa shape index (κ3) is 3.70. The Bertz CT molecular complexity index is 717. The molecule has 1 aromatic carbocycles. The number of benzene rings is 1. The van der Waals surface area contributed by atoms with Gasteiger partial charge in [-0.25, -0.2) is 9.97 Å². The lowest BCUT2D eigenvalue weighted by molar-refractivity contribution is -0.384. The van der Waals surface area contributed by atoms with Crippen LogP contribution in [0.1, 0.15) is 18.5 Å². The lowest BCUT2D eigenvalue weighted by Crippen LogP contribution is -2.47. The number of nitrogens with zero attached hydrogens (tertiary/aromatic N) is 5. The summed E-state index contributed by atoms with van der Waals surface area (Å²) in [5, 5.41) is 10.9. The quantitative estimate of drug-likeness (QED) is 0.588. The van der Waals surface area contributed by atoms with Gasteiger partial charge in [0.2, 0.25) is 5.95 Å². The molecule has 1 atom stereocenters. The van der Waals surface area contributed by atoms with Gasteiger partial charge in [0.1, 0.15) is 0 Å². The highest BCUT2D eigenvalue weighted by Crippen LogP contribution is 2.25. The van der Waals surface area contributed by atoms with Crippen molar-refractivity contribution < 1.29 is 4.92 Å². The van der Waals surface area contributed by atoms with E-state index in [-0.39, 0.29) is 16.7 Å². The zero-order valence-electron chi connectivity index (χ0n) is 13.3. The van der Waals surface area contributed by atoms with Gasteiger partial charge in [0.05, 0.1) is 9.40 Å². The van der Waals surface area contributed by atoms with Gasteiger partial charge < -0.3 is 4.90 Å². The fourth-order valence-corrected chi connectivity index (χ4v) is 3.09. The van der Waals surface area contributed by atoms with E-state index >= 15 is 0 Å². The Morgan fingerprint density at radius 1 is 1.21 bits per heavy atom. The van der Waals surface area contributed by atoms with Crippen LogP contribution in [0.2, 0.25) is 0 Å². The Labute approximate surface area is 148 Å². The van der Waals surface area contributed by atoms with Crippen LogP contribution in [0.25, 0.3) is 0 Å². The smallest absolute Gasteiger partial charge is 0.269 e. The van der Waals surface area contributed by atoms with E-state index in [1.54, 1.807) is 24.5 Å². The van der Waals surface area contributed by atoms with Gasteiger partial charge in [-0.2, -0.15) is 0 Å². The van der Waals surface area contributed by atoms with Crippen LogP contribution in [0.4, 0.5) is 11.6 Å². The van der Waals surface area contributed by atoms with Crippen molar-refractivity contribution >= 4 is 27.6 Å². The molecule has 1 saturated heterocycles. The second-order valence-electron chi connectivity index (χ2n) is 5.75. The summed E-state index contributed by atoms with van der Waals surface area (Å²) in [6, 6.07) is 7.02. The van der Waals surface area contributed by atoms with Gasteiger partial charge in [0.15, 0.2) is 0 Å². The van der Waals surface area contributed by atoms with E-state index in [2.05, 4.69) is 42.6 Å². The van der Waals surface area contributed by atoms with Crippen LogP contribution in [-0.2, 0) is 0 Å². The maximum atomic E-state index is 10.9. The van der Waals surface area contributed by atoms with Gasteiger partial charge in [0, 0.05) is 56.7 Å². The van der Waals surface area contributed by atoms with E-state index in [1.165, 1.54) is 6.07 Å². The van der Waals surface area contributed by atoms with Gasteiger partial charge >= 0.3 is 0 Å². The van der Waals surface area contributed by atoms with E-state index in [0.29, 0.717) is 0 Å². The number of piperazine rings is 1. The Kier molecular flexibility index (Phi) is 5.06. The Hall–Kier alpha value is -2.06. The molecule has 0 amide bonds. The lowest BCUT2D eigenvalue weighted by atomic mass is 10.1. The molecule has 24 heavy (non-hydrogen) atoms. The summed E-state index contributed by atoms with van der Waals surface area (Å²) in [5.74, 6) is 0.737. The van der Waals surface area contributed by atoms with Crippen molar-refractivity contribution in [3.63, 3.8) is 0 Å². The molecule has 1 aromatic heterocycles. The molecule has 0 saturated carbocycles. The predicted molar refractivity (Wildman–Crippen MR) is 95.0 cm³/mol. The molecule has 0 bridgehead atoms. The Balaban J connectivity index is 1.64. The summed E-state index contributed by atoms with van der Waals surface area (Å²) in [7, 11) is 0. The standard InChI is InChI=1S/C16H18BrN5O2/c1-12(13-3-2-4-15(9-13)22(23)24)20-5-7-21(8-6-20)16-18-10-14(17)11-19-16/h2-4,9-12H,5-8H2,1H3/t12-/m0/s1. The molecule has 126 valence electrons. The first-order valence-electron chi connectivity index (χ1n) is 7.75. The highest BCUT2D eigenvalue weighted by atomic mass is 79.9. The molecule has 0 spiro atoms. The van der Waals surface area contributed by atoms with Crippen molar-refractivity contribution in [2.75, 3.05) is 31.1 Å². The first-order valence-corrected chi connectivity index (χ1v) is 8.55. The number of anilines is 1. The summed E-state index contributed by atoms with van der Waals surface area (Å²) in [4.78, 5) is 23.8. The summed E-state index contributed by atoms with van der Waals surface area (Å²) < 4.78 is 0.865. The van der Waals surface area contributed by atoms with Crippen molar-refractivity contribution in [3.05, 3.63) is 56.8 Å². The van der Waals surface area contributed by atoms with Crippen molar-refractivity contribution in [1.82, 2.24) is 14.9 Å². The van der Waals surface area contributed by atoms with E-state index in [9.17, 15) is 10.1 Å². The van der Waals surface area contributed by atoms with E-state index in [1.807, 2.05) is 6.07 Å². The minimum atomic E-state index is -0.348. The number of halogens is 1. The van der Waals surface area contributed by atoms with E-state index in [0.717, 1.165) is 42.2 Å². The van der Waals surface area contributed by atoms with Gasteiger partial charge in [0.25, 0.3) is 5.69 Å². The molecular weight excluding hydrogens is 374 g/mol. The number of nitro groups is 1. The normalized spacial score (nSPS) is 16.8. The summed E-state index contributed by atoms with van der Waals surface area (Å²) in [5.41, 5.74) is 1.11. The topological polar surface area (TPSA) is 75.4 Å². The molecule has 8 heteroatoms. The van der Waals surface area contributed by atoms with Crippen LogP contribution < -0.4 is 4.90 Å². The predicted octanol–water partition coefficient (Wildman–Crippen LogP) is 3.03. The largest absolute Gasteiger partial charge is 0.338 e. The van der Waals surface area contributed by atoms with Crippen LogP contribution >= 0.6 is 15.9 Å². The fourth-order valence-electron chi connectivity index (χ4n) is 2.89.